The van der Waals surface area contributed by atoms with E-state index in [9.17, 15) is 4.79 Å². The van der Waals surface area contributed by atoms with Gasteiger partial charge in [-0.15, -0.1) is 0 Å². The van der Waals surface area contributed by atoms with Crippen molar-refractivity contribution < 1.29 is 9.53 Å². The summed E-state index contributed by atoms with van der Waals surface area (Å²) in [6, 6.07) is 16.4. The number of carbonyl (C=O) groups is 1. The topological polar surface area (TPSA) is 76.1 Å². The summed E-state index contributed by atoms with van der Waals surface area (Å²) in [6.45, 7) is 0. The molecule has 0 aliphatic carbocycles. The van der Waals surface area contributed by atoms with E-state index in [0.717, 1.165) is 17.1 Å². The van der Waals surface area contributed by atoms with E-state index in [-0.39, 0.29) is 0 Å². The van der Waals surface area contributed by atoms with Crippen LogP contribution in [0.3, 0.4) is 0 Å². The van der Waals surface area contributed by atoms with Crippen LogP contribution >= 0.6 is 11.5 Å². The number of para-hydroxylation sites is 2. The maximum Gasteiger partial charge on any atom is 0.325 e. The molecule has 0 aliphatic rings. The molecule has 3 aromatic rings. The normalized spacial score (nSPS) is 10.1. The van der Waals surface area contributed by atoms with E-state index in [2.05, 4.69) is 20.0 Å². The van der Waals surface area contributed by atoms with Gasteiger partial charge < -0.3 is 10.1 Å². The van der Waals surface area contributed by atoms with E-state index in [1.54, 1.807) is 19.2 Å². The average molecular weight is 326 g/mol. The molecule has 0 atom stereocenters. The predicted octanol–water partition coefficient (Wildman–Crippen LogP) is 3.86. The summed E-state index contributed by atoms with van der Waals surface area (Å²) in [5.74, 6) is 1.17. The lowest BCUT2D eigenvalue weighted by atomic mass is 10.2. The van der Waals surface area contributed by atoms with Crippen LogP contribution in [0.15, 0.2) is 54.6 Å². The maximum atomic E-state index is 12.1. The molecule has 116 valence electrons. The van der Waals surface area contributed by atoms with E-state index >= 15 is 0 Å². The Morgan fingerprint density at radius 2 is 1.78 bits per heavy atom. The molecule has 0 radical (unpaired) electrons. The molecule has 1 aromatic heterocycles. The number of nitrogens with zero attached hydrogens (tertiary/aromatic N) is 2. The van der Waals surface area contributed by atoms with Gasteiger partial charge in [0.1, 0.15) is 5.75 Å². The Morgan fingerprint density at radius 3 is 2.57 bits per heavy atom. The maximum absolute atomic E-state index is 12.1. The number of anilines is 2. The van der Waals surface area contributed by atoms with E-state index in [1.165, 1.54) is 0 Å². The summed E-state index contributed by atoms with van der Waals surface area (Å²) in [6.07, 6.45) is 0. The van der Waals surface area contributed by atoms with Crippen molar-refractivity contribution in [1.29, 1.82) is 0 Å². The second-order valence-electron chi connectivity index (χ2n) is 4.57. The number of rotatable bonds is 4. The molecule has 0 aliphatic heterocycles. The Morgan fingerprint density at radius 1 is 1.04 bits per heavy atom. The number of aromatic nitrogens is 2. The second-order valence-corrected chi connectivity index (χ2v) is 5.32. The van der Waals surface area contributed by atoms with Crippen LogP contribution in [0.2, 0.25) is 0 Å². The minimum Gasteiger partial charge on any atom is -0.495 e. The van der Waals surface area contributed by atoms with E-state index in [0.29, 0.717) is 22.4 Å². The van der Waals surface area contributed by atoms with Gasteiger partial charge in [-0.1, -0.05) is 42.5 Å². The lowest BCUT2D eigenvalue weighted by Crippen LogP contribution is -2.19. The molecule has 3 rings (SSSR count). The fraction of sp³-hybridized carbons (Fsp3) is 0.0625. The number of nitrogens with one attached hydrogen (secondary N) is 2. The molecule has 0 unspecified atom stereocenters. The van der Waals surface area contributed by atoms with Crippen LogP contribution in [-0.4, -0.2) is 22.5 Å². The molecular formula is C16H14N4O2S. The van der Waals surface area contributed by atoms with E-state index in [1.807, 2.05) is 42.5 Å². The third-order valence-electron chi connectivity index (χ3n) is 3.03. The fourth-order valence-corrected chi connectivity index (χ4v) is 2.56. The van der Waals surface area contributed by atoms with Gasteiger partial charge in [0.05, 0.1) is 12.8 Å². The number of ether oxygens (including phenoxy) is 1. The first-order valence-corrected chi connectivity index (χ1v) is 7.64. The number of hydrogen-bond acceptors (Lipinski definition) is 5. The van der Waals surface area contributed by atoms with E-state index < -0.39 is 6.03 Å². The quantitative estimate of drug-likeness (QED) is 0.763. The van der Waals surface area contributed by atoms with Gasteiger partial charge in [-0.3, -0.25) is 5.32 Å². The highest BCUT2D eigenvalue weighted by atomic mass is 32.1. The van der Waals surface area contributed by atoms with Crippen molar-refractivity contribution in [2.75, 3.05) is 17.7 Å². The predicted molar refractivity (Wildman–Crippen MR) is 91.0 cm³/mol. The first-order chi connectivity index (χ1) is 11.3. The van der Waals surface area contributed by atoms with Gasteiger partial charge >= 0.3 is 6.03 Å². The number of carbonyl (C=O) groups excluding carboxylic acids is 1. The van der Waals surface area contributed by atoms with Crippen molar-refractivity contribution in [2.24, 2.45) is 0 Å². The monoisotopic (exact) mass is 326 g/mol. The Kier molecular flexibility index (Phi) is 4.49. The van der Waals surface area contributed by atoms with Crippen LogP contribution in [-0.2, 0) is 0 Å². The largest absolute Gasteiger partial charge is 0.495 e. The van der Waals surface area contributed by atoms with Crippen molar-refractivity contribution in [2.45, 2.75) is 0 Å². The lowest BCUT2D eigenvalue weighted by Gasteiger charge is -2.09. The highest BCUT2D eigenvalue weighted by molar-refractivity contribution is 7.10. The van der Waals surface area contributed by atoms with Crippen LogP contribution < -0.4 is 15.4 Å². The molecule has 0 fully saturated rings. The molecule has 0 saturated carbocycles. The van der Waals surface area contributed by atoms with Gasteiger partial charge in [-0.2, -0.15) is 9.36 Å². The number of urea groups is 1. The Labute approximate surface area is 137 Å². The van der Waals surface area contributed by atoms with E-state index in [4.69, 9.17) is 4.74 Å². The van der Waals surface area contributed by atoms with Gasteiger partial charge in [0.2, 0.25) is 5.13 Å². The summed E-state index contributed by atoms with van der Waals surface area (Å²) in [5, 5.41) is 5.82. The van der Waals surface area contributed by atoms with Crippen molar-refractivity contribution in [1.82, 2.24) is 9.36 Å². The summed E-state index contributed by atoms with van der Waals surface area (Å²) >= 11 is 1.13. The Balaban J connectivity index is 1.68. The lowest BCUT2D eigenvalue weighted by molar-refractivity contribution is 0.262. The number of hydrogen-bond donors (Lipinski definition) is 2. The Hall–Kier alpha value is -2.93. The van der Waals surface area contributed by atoms with Crippen molar-refractivity contribution in [3.63, 3.8) is 0 Å². The highest BCUT2D eigenvalue weighted by Crippen LogP contribution is 2.24. The average Bonchev–Trinajstić information content (AvgIpc) is 3.04. The molecule has 23 heavy (non-hydrogen) atoms. The number of amides is 2. The summed E-state index contributed by atoms with van der Waals surface area (Å²) in [7, 11) is 1.55. The molecule has 1 heterocycles. The van der Waals surface area contributed by atoms with Crippen LogP contribution in [0.1, 0.15) is 0 Å². The third kappa shape index (κ3) is 3.64. The van der Waals surface area contributed by atoms with Crippen LogP contribution in [0.4, 0.5) is 15.6 Å². The molecule has 0 spiro atoms. The molecule has 2 amide bonds. The minimum atomic E-state index is -0.398. The van der Waals surface area contributed by atoms with Gasteiger partial charge in [0.15, 0.2) is 5.82 Å². The summed E-state index contributed by atoms with van der Waals surface area (Å²) < 4.78 is 9.43. The fourth-order valence-electron chi connectivity index (χ4n) is 1.98. The molecular weight excluding hydrogens is 312 g/mol. The standard InChI is InChI=1S/C16H14N4O2S/c1-22-13-10-6-5-9-12(13)17-15(21)19-16-18-14(20-23-16)11-7-3-2-4-8-11/h2-10H,1H3,(H2,17,18,19,20,21). The van der Waals surface area contributed by atoms with Crippen molar-refractivity contribution >= 4 is 28.4 Å². The highest BCUT2D eigenvalue weighted by Gasteiger charge is 2.11. The second kappa shape index (κ2) is 6.89. The molecule has 6 nitrogen and oxygen atoms in total. The van der Waals surface area contributed by atoms with Gasteiger partial charge in [-0.25, -0.2) is 4.79 Å². The zero-order valence-corrected chi connectivity index (χ0v) is 13.1. The molecule has 7 heteroatoms. The minimum absolute atomic E-state index is 0.398. The van der Waals surface area contributed by atoms with Gasteiger partial charge in [0, 0.05) is 17.1 Å². The number of benzene rings is 2. The van der Waals surface area contributed by atoms with Crippen molar-refractivity contribution in [3.8, 4) is 17.1 Å². The van der Waals surface area contributed by atoms with Crippen LogP contribution in [0.25, 0.3) is 11.4 Å². The van der Waals surface area contributed by atoms with Gasteiger partial charge in [0.25, 0.3) is 0 Å². The first kappa shape index (κ1) is 15.0. The molecule has 0 bridgehead atoms. The zero-order chi connectivity index (χ0) is 16.1. The van der Waals surface area contributed by atoms with Crippen LogP contribution in [0, 0.1) is 0 Å². The Bertz CT molecular complexity index is 805. The number of methoxy groups -OCH3 is 1. The third-order valence-corrected chi connectivity index (χ3v) is 3.66. The molecule has 0 saturated heterocycles. The molecule has 2 N–H and O–H groups in total. The van der Waals surface area contributed by atoms with Crippen LogP contribution in [0.5, 0.6) is 5.75 Å². The van der Waals surface area contributed by atoms with Crippen molar-refractivity contribution in [3.05, 3.63) is 54.6 Å². The smallest absolute Gasteiger partial charge is 0.325 e. The zero-order valence-electron chi connectivity index (χ0n) is 12.3. The first-order valence-electron chi connectivity index (χ1n) is 6.86. The molecule has 2 aromatic carbocycles. The van der Waals surface area contributed by atoms with Gasteiger partial charge in [-0.05, 0) is 12.1 Å². The summed E-state index contributed by atoms with van der Waals surface area (Å²) in [5.41, 5.74) is 1.49. The summed E-state index contributed by atoms with van der Waals surface area (Å²) in [4.78, 5) is 16.4. The SMILES string of the molecule is COc1ccccc1NC(=O)Nc1nc(-c2ccccc2)ns1.